The van der Waals surface area contributed by atoms with Gasteiger partial charge in [0.2, 0.25) is 0 Å². The third kappa shape index (κ3) is 7.85. The lowest BCUT2D eigenvalue weighted by Gasteiger charge is -2.34. The Morgan fingerprint density at radius 2 is 1.60 bits per heavy atom. The van der Waals surface area contributed by atoms with Gasteiger partial charge in [0.05, 0.1) is 21.3 Å². The largest absolute Gasteiger partial charge is 0.497 e. The van der Waals surface area contributed by atoms with Crippen molar-refractivity contribution >= 4 is 40.6 Å². The van der Waals surface area contributed by atoms with Crippen LogP contribution in [-0.2, 0) is 19.1 Å². The lowest BCUT2D eigenvalue weighted by Crippen LogP contribution is -2.40. The van der Waals surface area contributed by atoms with Crippen LogP contribution >= 0.6 is 12.2 Å². The summed E-state index contributed by atoms with van der Waals surface area (Å²) in [6.07, 6.45) is 3.25. The number of rotatable bonds is 10. The van der Waals surface area contributed by atoms with Crippen molar-refractivity contribution in [3.8, 4) is 5.75 Å². The standard InChI is InChI=1S/C32H41N5O5S/c1-21-28(30(38)41-4)37(29(22(2)34-21)31(39)42-5)26-11-7-10-25(20-26)35-32(43)33-15-8-16-36-17-13-23(14-18-36)24-9-6-12-27(19-24)40-3/h6-7,9-12,19-20,23,34H,8,13-18H2,1-5H3,(H2,33,35,43). The van der Waals surface area contributed by atoms with Gasteiger partial charge in [0.1, 0.15) is 5.75 Å². The first-order valence-corrected chi connectivity index (χ1v) is 14.8. The number of likely N-dealkylation sites (tertiary alicyclic amines) is 1. The van der Waals surface area contributed by atoms with Crippen LogP contribution < -0.4 is 25.6 Å². The summed E-state index contributed by atoms with van der Waals surface area (Å²) in [5.74, 6) is 0.323. The van der Waals surface area contributed by atoms with Crippen LogP contribution in [0.25, 0.3) is 0 Å². The van der Waals surface area contributed by atoms with Crippen LogP contribution in [0.1, 0.15) is 44.6 Å². The van der Waals surface area contributed by atoms with Crippen molar-refractivity contribution < 1.29 is 23.8 Å². The van der Waals surface area contributed by atoms with Gasteiger partial charge in [-0.15, -0.1) is 0 Å². The second kappa shape index (κ2) is 14.9. The Kier molecular flexibility index (Phi) is 11.0. The Balaban J connectivity index is 1.31. The van der Waals surface area contributed by atoms with E-state index in [1.807, 2.05) is 24.3 Å². The molecule has 0 unspecified atom stereocenters. The van der Waals surface area contributed by atoms with Gasteiger partial charge in [0, 0.05) is 29.3 Å². The molecule has 4 rings (SSSR count). The number of esters is 2. The van der Waals surface area contributed by atoms with Gasteiger partial charge in [0.15, 0.2) is 16.5 Å². The third-order valence-corrected chi connectivity index (χ3v) is 7.99. The molecule has 43 heavy (non-hydrogen) atoms. The summed E-state index contributed by atoms with van der Waals surface area (Å²) in [5, 5.41) is 10.1. The zero-order chi connectivity index (χ0) is 30.9. The zero-order valence-electron chi connectivity index (χ0n) is 25.5. The summed E-state index contributed by atoms with van der Waals surface area (Å²) in [6, 6.07) is 15.7. The Labute approximate surface area is 259 Å². The highest BCUT2D eigenvalue weighted by molar-refractivity contribution is 7.80. The minimum atomic E-state index is -0.584. The quantitative estimate of drug-likeness (QED) is 0.203. The summed E-state index contributed by atoms with van der Waals surface area (Å²) in [7, 11) is 4.31. The van der Waals surface area contributed by atoms with E-state index in [0.29, 0.717) is 33.8 Å². The molecule has 230 valence electrons. The molecule has 0 aliphatic carbocycles. The number of thiocarbonyl (C=S) groups is 1. The van der Waals surface area contributed by atoms with Crippen LogP contribution in [0.3, 0.4) is 0 Å². The van der Waals surface area contributed by atoms with Crippen molar-refractivity contribution in [1.29, 1.82) is 0 Å². The average Bonchev–Trinajstić information content (AvgIpc) is 3.02. The van der Waals surface area contributed by atoms with Gasteiger partial charge < -0.3 is 35.1 Å². The predicted octanol–water partition coefficient (Wildman–Crippen LogP) is 4.47. The molecule has 0 radical (unpaired) electrons. The molecule has 2 aromatic carbocycles. The topological polar surface area (TPSA) is 104 Å². The highest BCUT2D eigenvalue weighted by Crippen LogP contribution is 2.33. The lowest BCUT2D eigenvalue weighted by atomic mass is 9.89. The predicted molar refractivity (Wildman–Crippen MR) is 172 cm³/mol. The first-order valence-electron chi connectivity index (χ1n) is 14.4. The van der Waals surface area contributed by atoms with Crippen LogP contribution in [0.2, 0.25) is 0 Å². The molecule has 3 N–H and O–H groups in total. The van der Waals surface area contributed by atoms with E-state index in [9.17, 15) is 9.59 Å². The van der Waals surface area contributed by atoms with E-state index >= 15 is 0 Å². The van der Waals surface area contributed by atoms with Gasteiger partial charge in [-0.1, -0.05) is 18.2 Å². The Hall–Kier alpha value is -4.09. The molecule has 11 heteroatoms. The number of piperidine rings is 1. The van der Waals surface area contributed by atoms with E-state index < -0.39 is 11.9 Å². The van der Waals surface area contributed by atoms with Gasteiger partial charge in [-0.05, 0) is 107 Å². The molecule has 0 aromatic heterocycles. The van der Waals surface area contributed by atoms with Crippen LogP contribution in [-0.4, -0.2) is 69.5 Å². The summed E-state index contributed by atoms with van der Waals surface area (Å²) < 4.78 is 15.4. The SMILES string of the molecule is COC(=O)C1=C(C)NC(C)=C(C(=O)OC)N1c1cccc(NC(=S)NCCCN2CCC(c3cccc(OC)c3)CC2)c1. The molecule has 1 fully saturated rings. The molecule has 1 saturated heterocycles. The Morgan fingerprint density at radius 1 is 0.953 bits per heavy atom. The number of benzene rings is 2. The van der Waals surface area contributed by atoms with Crippen molar-refractivity contribution in [2.24, 2.45) is 0 Å². The molecular weight excluding hydrogens is 566 g/mol. The van der Waals surface area contributed by atoms with E-state index in [1.54, 1.807) is 31.9 Å². The molecule has 10 nitrogen and oxygen atoms in total. The summed E-state index contributed by atoms with van der Waals surface area (Å²) in [4.78, 5) is 29.6. The monoisotopic (exact) mass is 607 g/mol. The van der Waals surface area contributed by atoms with Gasteiger partial charge in [-0.2, -0.15) is 0 Å². The van der Waals surface area contributed by atoms with Gasteiger partial charge >= 0.3 is 11.9 Å². The van der Waals surface area contributed by atoms with Crippen LogP contribution in [0.15, 0.2) is 71.3 Å². The van der Waals surface area contributed by atoms with Crippen molar-refractivity contribution in [1.82, 2.24) is 15.5 Å². The molecule has 2 aliphatic heterocycles. The van der Waals surface area contributed by atoms with Crippen LogP contribution in [0.4, 0.5) is 11.4 Å². The fourth-order valence-corrected chi connectivity index (χ4v) is 5.80. The number of hydrogen-bond acceptors (Lipinski definition) is 9. The maximum absolute atomic E-state index is 12.8. The van der Waals surface area contributed by atoms with E-state index in [2.05, 4.69) is 39.0 Å². The van der Waals surface area contributed by atoms with Crippen molar-refractivity contribution in [3.63, 3.8) is 0 Å². The minimum Gasteiger partial charge on any atom is -0.497 e. The number of carbonyl (C=O) groups is 2. The maximum atomic E-state index is 12.8. The Bertz CT molecular complexity index is 1360. The van der Waals surface area contributed by atoms with Gasteiger partial charge in [-0.3, -0.25) is 4.90 Å². The molecule has 2 aliphatic rings. The first-order chi connectivity index (χ1) is 20.7. The summed E-state index contributed by atoms with van der Waals surface area (Å²) in [6.45, 7) is 7.39. The van der Waals surface area contributed by atoms with Crippen molar-refractivity contribution in [2.45, 2.75) is 39.0 Å². The van der Waals surface area contributed by atoms with Crippen LogP contribution in [0, 0.1) is 0 Å². The summed E-state index contributed by atoms with van der Waals surface area (Å²) >= 11 is 5.56. The molecule has 0 bridgehead atoms. The second-order valence-electron chi connectivity index (χ2n) is 10.6. The molecular formula is C32H41N5O5S. The van der Waals surface area contributed by atoms with Crippen molar-refractivity contribution in [3.05, 3.63) is 76.9 Å². The number of hydrogen-bond donors (Lipinski definition) is 3. The van der Waals surface area contributed by atoms with E-state index in [-0.39, 0.29) is 11.4 Å². The van der Waals surface area contributed by atoms with Gasteiger partial charge in [0.25, 0.3) is 0 Å². The molecule has 2 aromatic rings. The second-order valence-corrected chi connectivity index (χ2v) is 11.0. The third-order valence-electron chi connectivity index (χ3n) is 7.74. The average molecular weight is 608 g/mol. The molecule has 0 amide bonds. The van der Waals surface area contributed by atoms with Crippen LogP contribution in [0.5, 0.6) is 5.75 Å². The number of ether oxygens (including phenoxy) is 3. The number of methoxy groups -OCH3 is 3. The first kappa shape index (κ1) is 31.8. The molecule has 0 atom stereocenters. The smallest absolute Gasteiger partial charge is 0.356 e. The zero-order valence-corrected chi connectivity index (χ0v) is 26.3. The fraction of sp³-hybridized carbons (Fsp3) is 0.406. The molecule has 2 heterocycles. The highest BCUT2D eigenvalue weighted by atomic mass is 32.1. The van der Waals surface area contributed by atoms with Gasteiger partial charge in [-0.25, -0.2) is 9.59 Å². The van der Waals surface area contributed by atoms with E-state index in [1.165, 1.54) is 19.8 Å². The maximum Gasteiger partial charge on any atom is 0.356 e. The normalized spacial score (nSPS) is 16.0. The summed E-state index contributed by atoms with van der Waals surface area (Å²) in [5.41, 5.74) is 4.13. The number of carbonyl (C=O) groups excluding carboxylic acids is 2. The fourth-order valence-electron chi connectivity index (χ4n) is 5.58. The number of anilines is 2. The number of nitrogens with zero attached hydrogens (tertiary/aromatic N) is 2. The number of allylic oxidation sites excluding steroid dienone is 2. The Morgan fingerprint density at radius 3 is 2.23 bits per heavy atom. The van der Waals surface area contributed by atoms with Crippen molar-refractivity contribution in [2.75, 3.05) is 57.7 Å². The molecule has 0 saturated carbocycles. The molecule has 0 spiro atoms. The minimum absolute atomic E-state index is 0.193. The number of nitrogens with one attached hydrogen (secondary N) is 3. The van der Waals surface area contributed by atoms with E-state index in [4.69, 9.17) is 26.4 Å². The lowest BCUT2D eigenvalue weighted by molar-refractivity contribution is -0.136. The highest BCUT2D eigenvalue weighted by Gasteiger charge is 2.35. The van der Waals surface area contributed by atoms with E-state index in [0.717, 1.165) is 51.2 Å².